The van der Waals surface area contributed by atoms with Crippen molar-refractivity contribution in [3.8, 4) is 5.75 Å². The van der Waals surface area contributed by atoms with Crippen LogP contribution in [0.4, 0.5) is 0 Å². The first-order valence-corrected chi connectivity index (χ1v) is 5.62. The molecule has 0 radical (unpaired) electrons. The van der Waals surface area contributed by atoms with Gasteiger partial charge in [0.1, 0.15) is 5.75 Å². The lowest BCUT2D eigenvalue weighted by Crippen LogP contribution is -2.28. The predicted octanol–water partition coefficient (Wildman–Crippen LogP) is 2.06. The summed E-state index contributed by atoms with van der Waals surface area (Å²) in [7, 11) is 0. The molecule has 0 unspecified atom stereocenters. The second-order valence-electron chi connectivity index (χ2n) is 3.44. The van der Waals surface area contributed by atoms with E-state index in [1.54, 1.807) is 12.1 Å². The average Bonchev–Trinajstić information content (AvgIpc) is 2.27. The normalized spacial score (nSPS) is 9.82. The average molecular weight is 256 g/mol. The molecule has 0 fully saturated rings. The highest BCUT2D eigenvalue weighted by Gasteiger charge is 2.07. The molecule has 5 heteroatoms. The lowest BCUT2D eigenvalue weighted by atomic mass is 10.1. The molecule has 0 aliphatic carbocycles. The number of halogens is 1. The first kappa shape index (κ1) is 13.5. The molecule has 0 spiro atoms. The van der Waals surface area contributed by atoms with Crippen molar-refractivity contribution in [2.24, 2.45) is 0 Å². The van der Waals surface area contributed by atoms with Crippen molar-refractivity contribution in [1.82, 2.24) is 5.32 Å². The lowest BCUT2D eigenvalue weighted by molar-refractivity contribution is -0.122. The Balaban J connectivity index is 2.66. The van der Waals surface area contributed by atoms with Crippen molar-refractivity contribution in [2.75, 3.05) is 13.2 Å². The Labute approximate surface area is 105 Å². The van der Waals surface area contributed by atoms with Crippen molar-refractivity contribution in [3.05, 3.63) is 28.8 Å². The second-order valence-corrected chi connectivity index (χ2v) is 3.85. The van der Waals surface area contributed by atoms with E-state index < -0.39 is 0 Å². The van der Waals surface area contributed by atoms with E-state index in [9.17, 15) is 9.59 Å². The summed E-state index contributed by atoms with van der Waals surface area (Å²) in [6.45, 7) is 3.75. The monoisotopic (exact) mass is 255 g/mol. The fraction of sp³-hybridized carbons (Fsp3) is 0.333. The summed E-state index contributed by atoms with van der Waals surface area (Å²) in [6.07, 6.45) is 0. The van der Waals surface area contributed by atoms with Crippen molar-refractivity contribution in [3.63, 3.8) is 0 Å². The van der Waals surface area contributed by atoms with Crippen LogP contribution in [0.1, 0.15) is 24.2 Å². The number of likely N-dealkylation sites (N-methyl/N-ethyl adjacent to an activating group) is 1. The summed E-state index contributed by atoms with van der Waals surface area (Å²) in [5.74, 6) is 0.115. The van der Waals surface area contributed by atoms with Gasteiger partial charge in [0.05, 0.1) is 5.02 Å². The molecular weight excluding hydrogens is 242 g/mol. The van der Waals surface area contributed by atoms with E-state index in [0.29, 0.717) is 22.9 Å². The fourth-order valence-electron chi connectivity index (χ4n) is 1.23. The Kier molecular flexibility index (Phi) is 4.97. The van der Waals surface area contributed by atoms with Gasteiger partial charge in [0, 0.05) is 12.1 Å². The third-order valence-electron chi connectivity index (χ3n) is 2.07. The quantitative estimate of drug-likeness (QED) is 0.820. The Morgan fingerprint density at radius 3 is 2.65 bits per heavy atom. The molecule has 1 rings (SSSR count). The van der Waals surface area contributed by atoms with Gasteiger partial charge in [0.15, 0.2) is 12.4 Å². The van der Waals surface area contributed by atoms with E-state index in [1.165, 1.54) is 13.0 Å². The predicted molar refractivity (Wildman–Crippen MR) is 65.6 cm³/mol. The third-order valence-corrected chi connectivity index (χ3v) is 2.37. The maximum atomic E-state index is 11.2. The molecule has 0 saturated heterocycles. The third kappa shape index (κ3) is 4.07. The van der Waals surface area contributed by atoms with E-state index in [-0.39, 0.29) is 18.3 Å². The second kappa shape index (κ2) is 6.25. The highest BCUT2D eigenvalue weighted by molar-refractivity contribution is 6.32. The molecule has 0 aliphatic heterocycles. The molecule has 0 bridgehead atoms. The standard InChI is InChI=1S/C12H14ClNO3/c1-3-14-12(16)7-17-11-5-4-9(8(2)15)6-10(11)13/h4-6H,3,7H2,1-2H3,(H,14,16). The van der Waals surface area contributed by atoms with E-state index in [0.717, 1.165) is 0 Å². The molecular formula is C12H14ClNO3. The van der Waals surface area contributed by atoms with Gasteiger partial charge in [0.2, 0.25) is 0 Å². The van der Waals surface area contributed by atoms with Crippen LogP contribution >= 0.6 is 11.6 Å². The molecule has 4 nitrogen and oxygen atoms in total. The molecule has 1 aromatic rings. The first-order chi connectivity index (χ1) is 8.04. The van der Waals surface area contributed by atoms with Crippen molar-refractivity contribution >= 4 is 23.3 Å². The van der Waals surface area contributed by atoms with Gasteiger partial charge in [-0.15, -0.1) is 0 Å². The molecule has 92 valence electrons. The van der Waals surface area contributed by atoms with Gasteiger partial charge >= 0.3 is 0 Å². The summed E-state index contributed by atoms with van der Waals surface area (Å²) in [5, 5.41) is 2.93. The van der Waals surface area contributed by atoms with E-state index in [4.69, 9.17) is 16.3 Å². The van der Waals surface area contributed by atoms with Crippen LogP contribution in [-0.2, 0) is 4.79 Å². The number of Topliss-reactive ketones (excluding diaryl/α,β-unsaturated/α-hetero) is 1. The van der Waals surface area contributed by atoms with Gasteiger partial charge in [-0.2, -0.15) is 0 Å². The van der Waals surface area contributed by atoms with Gasteiger partial charge in [-0.25, -0.2) is 0 Å². The van der Waals surface area contributed by atoms with E-state index in [2.05, 4.69) is 5.32 Å². The van der Waals surface area contributed by atoms with Crippen LogP contribution in [0.25, 0.3) is 0 Å². The number of nitrogens with one attached hydrogen (secondary N) is 1. The highest BCUT2D eigenvalue weighted by atomic mass is 35.5. The summed E-state index contributed by atoms with van der Waals surface area (Å²) in [6, 6.07) is 4.72. The molecule has 1 N–H and O–H groups in total. The minimum atomic E-state index is -0.209. The molecule has 0 heterocycles. The highest BCUT2D eigenvalue weighted by Crippen LogP contribution is 2.25. The smallest absolute Gasteiger partial charge is 0.257 e. The Hall–Kier alpha value is -1.55. The maximum absolute atomic E-state index is 11.2. The van der Waals surface area contributed by atoms with E-state index >= 15 is 0 Å². The molecule has 1 amide bonds. The van der Waals surface area contributed by atoms with Crippen LogP contribution in [0.2, 0.25) is 5.02 Å². The lowest BCUT2D eigenvalue weighted by Gasteiger charge is -2.08. The fourth-order valence-corrected chi connectivity index (χ4v) is 1.46. The van der Waals surface area contributed by atoms with Crippen LogP contribution < -0.4 is 10.1 Å². The van der Waals surface area contributed by atoms with Crippen molar-refractivity contribution in [2.45, 2.75) is 13.8 Å². The Bertz CT molecular complexity index is 432. The van der Waals surface area contributed by atoms with Crippen LogP contribution in [0.3, 0.4) is 0 Å². The molecule has 0 atom stereocenters. The van der Waals surface area contributed by atoms with Crippen LogP contribution in [0.15, 0.2) is 18.2 Å². The number of hydrogen-bond donors (Lipinski definition) is 1. The topological polar surface area (TPSA) is 55.4 Å². The molecule has 17 heavy (non-hydrogen) atoms. The summed E-state index contributed by atoms with van der Waals surface area (Å²) < 4.78 is 5.23. The zero-order valence-electron chi connectivity index (χ0n) is 9.75. The number of carbonyl (C=O) groups is 2. The Morgan fingerprint density at radius 2 is 2.12 bits per heavy atom. The van der Waals surface area contributed by atoms with E-state index in [1.807, 2.05) is 6.92 Å². The number of ketones is 1. The van der Waals surface area contributed by atoms with Crippen LogP contribution in [0.5, 0.6) is 5.75 Å². The molecule has 0 aliphatic rings. The Morgan fingerprint density at radius 1 is 1.41 bits per heavy atom. The number of benzene rings is 1. The molecule has 0 saturated carbocycles. The van der Waals surface area contributed by atoms with Crippen molar-refractivity contribution in [1.29, 1.82) is 0 Å². The summed E-state index contributed by atoms with van der Waals surface area (Å²) in [4.78, 5) is 22.3. The summed E-state index contributed by atoms with van der Waals surface area (Å²) in [5.41, 5.74) is 0.514. The van der Waals surface area contributed by atoms with Gasteiger partial charge in [-0.1, -0.05) is 11.6 Å². The SMILES string of the molecule is CCNC(=O)COc1ccc(C(C)=O)cc1Cl. The number of rotatable bonds is 5. The van der Waals surface area contributed by atoms with Gasteiger partial charge in [0.25, 0.3) is 5.91 Å². The van der Waals surface area contributed by atoms with Gasteiger partial charge in [-0.3, -0.25) is 9.59 Å². The maximum Gasteiger partial charge on any atom is 0.257 e. The minimum Gasteiger partial charge on any atom is -0.482 e. The van der Waals surface area contributed by atoms with Crippen molar-refractivity contribution < 1.29 is 14.3 Å². The first-order valence-electron chi connectivity index (χ1n) is 5.24. The zero-order valence-corrected chi connectivity index (χ0v) is 10.5. The van der Waals surface area contributed by atoms with Gasteiger partial charge < -0.3 is 10.1 Å². The summed E-state index contributed by atoms with van der Waals surface area (Å²) >= 11 is 5.93. The molecule has 1 aromatic carbocycles. The molecule has 0 aromatic heterocycles. The number of hydrogen-bond acceptors (Lipinski definition) is 3. The number of amides is 1. The number of ether oxygens (including phenoxy) is 1. The minimum absolute atomic E-state index is 0.0674. The van der Waals surface area contributed by atoms with Gasteiger partial charge in [-0.05, 0) is 32.0 Å². The van der Waals surface area contributed by atoms with Crippen LogP contribution in [0, 0.1) is 0 Å². The van der Waals surface area contributed by atoms with Crippen LogP contribution in [-0.4, -0.2) is 24.8 Å². The largest absolute Gasteiger partial charge is 0.482 e. The zero-order chi connectivity index (χ0) is 12.8. The number of carbonyl (C=O) groups excluding carboxylic acids is 2.